The SMILES string of the molecule is CC(C)N1CCC(N(C)C(=O)c2ccc(N)cc2)CC1.Cl.Cl. The lowest BCUT2D eigenvalue weighted by Gasteiger charge is -2.38. The van der Waals surface area contributed by atoms with Gasteiger partial charge in [0.15, 0.2) is 0 Å². The molecule has 2 rings (SSSR count). The Morgan fingerprint density at radius 1 is 1.18 bits per heavy atom. The lowest BCUT2D eigenvalue weighted by Crippen LogP contribution is -2.47. The van der Waals surface area contributed by atoms with Crippen molar-refractivity contribution in [3.8, 4) is 0 Å². The Hall–Kier alpha value is -0.970. The lowest BCUT2D eigenvalue weighted by atomic mass is 10.0. The molecule has 126 valence electrons. The molecule has 1 fully saturated rings. The Bertz CT molecular complexity index is 457. The minimum Gasteiger partial charge on any atom is -0.399 e. The van der Waals surface area contributed by atoms with Crippen molar-refractivity contribution < 1.29 is 4.79 Å². The fraction of sp³-hybridized carbons (Fsp3) is 0.562. The molecule has 6 heteroatoms. The molecule has 0 atom stereocenters. The number of carbonyl (C=O) groups excluding carboxylic acids is 1. The Kier molecular flexibility index (Phi) is 8.83. The van der Waals surface area contributed by atoms with E-state index in [1.807, 2.05) is 11.9 Å². The van der Waals surface area contributed by atoms with E-state index in [-0.39, 0.29) is 30.7 Å². The molecule has 1 aliphatic heterocycles. The van der Waals surface area contributed by atoms with E-state index in [4.69, 9.17) is 5.73 Å². The number of nitrogens with zero attached hydrogens (tertiary/aromatic N) is 2. The maximum absolute atomic E-state index is 12.4. The maximum atomic E-state index is 12.4. The van der Waals surface area contributed by atoms with E-state index >= 15 is 0 Å². The third-order valence-electron chi connectivity index (χ3n) is 4.26. The average Bonchev–Trinajstić information content (AvgIpc) is 2.46. The number of anilines is 1. The minimum absolute atomic E-state index is 0. The molecule has 0 aromatic heterocycles. The number of likely N-dealkylation sites (tertiary alicyclic amines) is 1. The normalized spacial score (nSPS) is 15.8. The van der Waals surface area contributed by atoms with Crippen molar-refractivity contribution in [2.45, 2.75) is 38.8 Å². The van der Waals surface area contributed by atoms with Crippen LogP contribution in [0.2, 0.25) is 0 Å². The second-order valence-corrected chi connectivity index (χ2v) is 5.90. The number of nitrogens with two attached hydrogens (primary N) is 1. The summed E-state index contributed by atoms with van der Waals surface area (Å²) in [6.07, 6.45) is 2.10. The van der Waals surface area contributed by atoms with Crippen LogP contribution in [0.15, 0.2) is 24.3 Å². The van der Waals surface area contributed by atoms with Gasteiger partial charge in [0.1, 0.15) is 0 Å². The van der Waals surface area contributed by atoms with Gasteiger partial charge in [-0.1, -0.05) is 0 Å². The monoisotopic (exact) mass is 347 g/mol. The van der Waals surface area contributed by atoms with Gasteiger partial charge in [-0.2, -0.15) is 0 Å². The summed E-state index contributed by atoms with van der Waals surface area (Å²) in [7, 11) is 1.91. The molecule has 1 saturated heterocycles. The van der Waals surface area contributed by atoms with Gasteiger partial charge < -0.3 is 15.5 Å². The average molecular weight is 348 g/mol. The zero-order chi connectivity index (χ0) is 14.7. The Labute approximate surface area is 145 Å². The van der Waals surface area contributed by atoms with Crippen molar-refractivity contribution in [2.24, 2.45) is 0 Å². The van der Waals surface area contributed by atoms with Gasteiger partial charge in [0.05, 0.1) is 0 Å². The zero-order valence-electron chi connectivity index (χ0n) is 13.5. The lowest BCUT2D eigenvalue weighted by molar-refractivity contribution is 0.0615. The fourth-order valence-electron chi connectivity index (χ4n) is 2.78. The summed E-state index contributed by atoms with van der Waals surface area (Å²) in [5, 5.41) is 0. The van der Waals surface area contributed by atoms with Gasteiger partial charge in [0, 0.05) is 43.5 Å². The smallest absolute Gasteiger partial charge is 0.253 e. The van der Waals surface area contributed by atoms with Gasteiger partial charge in [-0.25, -0.2) is 0 Å². The second kappa shape index (κ2) is 9.23. The predicted octanol–water partition coefficient (Wildman–Crippen LogP) is 3.06. The quantitative estimate of drug-likeness (QED) is 0.854. The first-order chi connectivity index (χ1) is 9.49. The van der Waals surface area contributed by atoms with Gasteiger partial charge in [-0.05, 0) is 51.0 Å². The maximum Gasteiger partial charge on any atom is 0.253 e. The first kappa shape index (κ1) is 21.0. The largest absolute Gasteiger partial charge is 0.399 e. The van der Waals surface area contributed by atoms with E-state index in [2.05, 4.69) is 18.7 Å². The summed E-state index contributed by atoms with van der Waals surface area (Å²) in [6.45, 7) is 6.59. The molecule has 2 N–H and O–H groups in total. The minimum atomic E-state index is 0. The van der Waals surface area contributed by atoms with Gasteiger partial charge in [-0.15, -0.1) is 24.8 Å². The molecule has 0 bridgehead atoms. The molecule has 0 aliphatic carbocycles. The second-order valence-electron chi connectivity index (χ2n) is 5.90. The molecule has 0 saturated carbocycles. The summed E-state index contributed by atoms with van der Waals surface area (Å²) < 4.78 is 0. The first-order valence-corrected chi connectivity index (χ1v) is 7.36. The molecule has 1 aromatic carbocycles. The van der Waals surface area contributed by atoms with E-state index in [0.29, 0.717) is 23.3 Å². The summed E-state index contributed by atoms with van der Waals surface area (Å²) in [4.78, 5) is 16.8. The van der Waals surface area contributed by atoms with E-state index in [9.17, 15) is 4.79 Å². The number of hydrogen-bond acceptors (Lipinski definition) is 3. The number of halogens is 2. The predicted molar refractivity (Wildman–Crippen MR) is 97.2 cm³/mol. The topological polar surface area (TPSA) is 49.6 Å². The van der Waals surface area contributed by atoms with Gasteiger partial charge >= 0.3 is 0 Å². The van der Waals surface area contributed by atoms with Crippen LogP contribution < -0.4 is 5.73 Å². The van der Waals surface area contributed by atoms with Gasteiger partial charge in [0.2, 0.25) is 0 Å². The van der Waals surface area contributed by atoms with Gasteiger partial charge in [-0.3, -0.25) is 4.79 Å². The standard InChI is InChI=1S/C16H25N3O.2ClH/c1-12(2)19-10-8-15(9-11-19)18(3)16(20)13-4-6-14(17)7-5-13;;/h4-7,12,15H,8-11,17H2,1-3H3;2*1H. The van der Waals surface area contributed by atoms with E-state index < -0.39 is 0 Å². The van der Waals surface area contributed by atoms with Crippen molar-refractivity contribution in [1.29, 1.82) is 0 Å². The van der Waals surface area contributed by atoms with Crippen molar-refractivity contribution in [2.75, 3.05) is 25.9 Å². The molecule has 4 nitrogen and oxygen atoms in total. The number of piperidine rings is 1. The summed E-state index contributed by atoms with van der Waals surface area (Å²) >= 11 is 0. The molecule has 0 spiro atoms. The van der Waals surface area contributed by atoms with Crippen molar-refractivity contribution in [1.82, 2.24) is 9.80 Å². The van der Waals surface area contributed by atoms with Crippen LogP contribution in [0.25, 0.3) is 0 Å². The number of amides is 1. The number of benzene rings is 1. The van der Waals surface area contributed by atoms with Crippen LogP contribution in [0.5, 0.6) is 0 Å². The Morgan fingerprint density at radius 3 is 2.14 bits per heavy atom. The molecular weight excluding hydrogens is 321 g/mol. The molecule has 1 aromatic rings. The van der Waals surface area contributed by atoms with Crippen molar-refractivity contribution in [3.63, 3.8) is 0 Å². The van der Waals surface area contributed by atoms with E-state index in [1.165, 1.54) is 0 Å². The number of nitrogen functional groups attached to an aromatic ring is 1. The highest BCUT2D eigenvalue weighted by atomic mass is 35.5. The number of carbonyl (C=O) groups is 1. The number of rotatable bonds is 3. The molecule has 1 amide bonds. The molecule has 0 unspecified atom stereocenters. The summed E-state index contributed by atoms with van der Waals surface area (Å²) in [5.41, 5.74) is 7.06. The Morgan fingerprint density at radius 2 is 1.68 bits per heavy atom. The molecule has 0 radical (unpaired) electrons. The third-order valence-corrected chi connectivity index (χ3v) is 4.26. The van der Waals surface area contributed by atoms with Crippen LogP contribution in [-0.4, -0.2) is 47.9 Å². The molecule has 1 aliphatic rings. The number of hydrogen-bond donors (Lipinski definition) is 1. The summed E-state index contributed by atoms with van der Waals surface area (Å²) in [5.74, 6) is 0.0907. The highest BCUT2D eigenvalue weighted by Gasteiger charge is 2.26. The molecule has 1 heterocycles. The zero-order valence-corrected chi connectivity index (χ0v) is 15.1. The molecular formula is C16H27Cl2N3O. The first-order valence-electron chi connectivity index (χ1n) is 7.36. The third kappa shape index (κ3) is 5.04. The van der Waals surface area contributed by atoms with Crippen molar-refractivity contribution in [3.05, 3.63) is 29.8 Å². The van der Waals surface area contributed by atoms with Crippen LogP contribution in [-0.2, 0) is 0 Å². The van der Waals surface area contributed by atoms with Crippen LogP contribution in [0.4, 0.5) is 5.69 Å². The van der Waals surface area contributed by atoms with Crippen LogP contribution in [0.3, 0.4) is 0 Å². The van der Waals surface area contributed by atoms with Crippen LogP contribution >= 0.6 is 24.8 Å². The highest BCUT2D eigenvalue weighted by molar-refractivity contribution is 5.94. The van der Waals surface area contributed by atoms with Gasteiger partial charge in [0.25, 0.3) is 5.91 Å². The van der Waals surface area contributed by atoms with E-state index in [1.54, 1.807) is 24.3 Å². The molecule has 22 heavy (non-hydrogen) atoms. The summed E-state index contributed by atoms with van der Waals surface area (Å²) in [6, 6.07) is 8.10. The van der Waals surface area contributed by atoms with Crippen LogP contribution in [0.1, 0.15) is 37.0 Å². The van der Waals surface area contributed by atoms with Crippen molar-refractivity contribution >= 4 is 36.4 Å². The highest BCUT2D eigenvalue weighted by Crippen LogP contribution is 2.19. The Balaban J connectivity index is 0.00000220. The van der Waals surface area contributed by atoms with Crippen LogP contribution in [0, 0.1) is 0 Å². The fourth-order valence-corrected chi connectivity index (χ4v) is 2.78. The van der Waals surface area contributed by atoms with E-state index in [0.717, 1.165) is 25.9 Å².